The number of ketones is 2. The molecule has 10 heteroatoms. The topological polar surface area (TPSA) is 145 Å². The summed E-state index contributed by atoms with van der Waals surface area (Å²) in [6.45, 7) is 16.3. The average Bonchev–Trinajstić information content (AvgIpc) is 2.43. The maximum atomic E-state index is 16.4. The van der Waals surface area contributed by atoms with Crippen molar-refractivity contribution in [2.45, 2.75) is 237 Å². The van der Waals surface area contributed by atoms with Crippen LogP contribution in [0.15, 0.2) is 54.0 Å². The summed E-state index contributed by atoms with van der Waals surface area (Å²) in [5.41, 5.74) is 10.7. The zero-order chi connectivity index (χ0) is 54.4. The standard InChI is InChI=1S/C69H92N4O6/c1-63(2)62(79-63)51(75)34-64(3)22-15-43-36-72-57-46(30-39-28-44(40-12-9-8-10-13-40)31-45(29-39)41-19-26-78-27-20-41)37-73(58(43)57)38-49-53-55(64)50(74)35-66(53,5)65(4)23-17-52-67(6,60(65)59(49)76)69-24-16-42(32-69)56-48(18-25-71-56)54(69)61(77)68(52)21-11-14-47(33-68)70-7/h18,25,28-29,31,36-37,40-42,47,49,51-52,54,59-60,62,70-72,75-76H,8-17,19-24,26-27,30,32-35,38H2,1-7H3. The molecule has 15 rings (SSSR count). The van der Waals surface area contributed by atoms with Crippen LogP contribution in [0, 0.1) is 50.2 Å². The van der Waals surface area contributed by atoms with E-state index in [0.717, 1.165) is 102 Å². The van der Waals surface area contributed by atoms with Gasteiger partial charge in [-0.2, -0.15) is 0 Å². The van der Waals surface area contributed by atoms with E-state index in [9.17, 15) is 10.2 Å². The van der Waals surface area contributed by atoms with Crippen molar-refractivity contribution in [3.63, 3.8) is 0 Å². The first-order valence-corrected chi connectivity index (χ1v) is 32.0. The molecule has 5 N–H and O–H groups in total. The molecule has 2 bridgehead atoms. The molecule has 0 amide bonds. The largest absolute Gasteiger partial charge is 0.392 e. The minimum Gasteiger partial charge on any atom is -0.392 e. The summed E-state index contributed by atoms with van der Waals surface area (Å²) in [6, 6.07) is 10.2. The Morgan fingerprint density at radius 3 is 2.35 bits per heavy atom. The minimum absolute atomic E-state index is 0.121. The summed E-state index contributed by atoms with van der Waals surface area (Å²) in [4.78, 5) is 39.9. The van der Waals surface area contributed by atoms with Gasteiger partial charge in [0.25, 0.3) is 0 Å². The summed E-state index contributed by atoms with van der Waals surface area (Å²) < 4.78 is 14.6. The summed E-state index contributed by atoms with van der Waals surface area (Å²) in [5.74, 6) is 1.59. The molecule has 424 valence electrons. The van der Waals surface area contributed by atoms with Crippen LogP contribution in [-0.2, 0) is 38.4 Å². The van der Waals surface area contributed by atoms with Gasteiger partial charge in [-0.1, -0.05) is 71.6 Å². The van der Waals surface area contributed by atoms with Gasteiger partial charge in [-0.3, -0.25) is 9.59 Å². The molecule has 1 aromatic carbocycles. The van der Waals surface area contributed by atoms with Crippen LogP contribution < -0.4 is 5.32 Å². The van der Waals surface area contributed by atoms with Gasteiger partial charge in [0, 0.05) is 85.2 Å². The van der Waals surface area contributed by atoms with Crippen molar-refractivity contribution in [1.29, 1.82) is 0 Å². The highest BCUT2D eigenvalue weighted by Crippen LogP contribution is 2.84. The Labute approximate surface area is 469 Å². The van der Waals surface area contributed by atoms with Crippen molar-refractivity contribution in [2.24, 2.45) is 50.2 Å². The maximum absolute atomic E-state index is 16.4. The Morgan fingerprint density at radius 1 is 0.848 bits per heavy atom. The second kappa shape index (κ2) is 17.9. The Kier molecular flexibility index (Phi) is 11.8. The average molecular weight is 1070 g/mol. The van der Waals surface area contributed by atoms with E-state index in [0.29, 0.717) is 49.3 Å². The Morgan fingerprint density at radius 2 is 1.61 bits per heavy atom. The third-order valence-electron chi connectivity index (χ3n) is 26.4. The molecule has 6 heterocycles. The molecule has 2 spiro atoms. The van der Waals surface area contributed by atoms with Crippen LogP contribution in [0.1, 0.15) is 226 Å². The fraction of sp³-hybridized carbons (Fsp3) is 0.710. The zero-order valence-electron chi connectivity index (χ0n) is 48.8. The monoisotopic (exact) mass is 1070 g/mol. The summed E-state index contributed by atoms with van der Waals surface area (Å²) in [7, 11) is 2.10. The first-order chi connectivity index (χ1) is 37.9. The lowest BCUT2D eigenvalue weighted by molar-refractivity contribution is -0.271. The molecule has 3 aromatic heterocycles. The number of aromatic nitrogens is 3. The number of ether oxygens (including phenoxy) is 2. The molecule has 8 aliphatic carbocycles. The van der Waals surface area contributed by atoms with Gasteiger partial charge < -0.3 is 39.5 Å². The molecular formula is C69H92N4O6. The van der Waals surface area contributed by atoms with Crippen LogP contribution in [0.5, 0.6) is 0 Å². The minimum atomic E-state index is -0.769. The van der Waals surface area contributed by atoms with Crippen molar-refractivity contribution >= 4 is 22.6 Å². The first kappa shape index (κ1) is 52.0. The Hall–Kier alpha value is -3.80. The Bertz CT molecular complexity index is 3130. The van der Waals surface area contributed by atoms with Gasteiger partial charge in [-0.25, -0.2) is 0 Å². The van der Waals surface area contributed by atoms with Gasteiger partial charge in [0.2, 0.25) is 0 Å². The normalized spacial score (nSPS) is 41.9. The zero-order valence-corrected chi connectivity index (χ0v) is 48.8. The number of hydrogen-bond donors (Lipinski definition) is 5. The molecule has 8 fully saturated rings. The van der Waals surface area contributed by atoms with Crippen molar-refractivity contribution in [3.8, 4) is 0 Å². The predicted molar refractivity (Wildman–Crippen MR) is 308 cm³/mol. The molecule has 3 aliphatic heterocycles. The van der Waals surface area contributed by atoms with Crippen molar-refractivity contribution in [2.75, 3.05) is 20.3 Å². The predicted octanol–water partition coefficient (Wildman–Crippen LogP) is 12.8. The number of Topliss-reactive ketones (excluding diaryl/α,β-unsaturated/α-hetero) is 2. The smallest absolute Gasteiger partial charge is 0.160 e. The molecule has 11 aliphatic rings. The second-order valence-corrected chi connectivity index (χ2v) is 30.3. The van der Waals surface area contributed by atoms with Gasteiger partial charge in [-0.15, -0.1) is 0 Å². The van der Waals surface area contributed by atoms with Crippen molar-refractivity contribution < 1.29 is 29.3 Å². The van der Waals surface area contributed by atoms with Crippen LogP contribution in [0.3, 0.4) is 0 Å². The number of carbonyl (C=O) groups excluding carboxylic acids is 2. The summed E-state index contributed by atoms with van der Waals surface area (Å²) >= 11 is 0. The number of nitrogens with one attached hydrogen (secondary N) is 3. The molecule has 2 saturated heterocycles. The number of allylic oxidation sites excluding steroid dienone is 1. The van der Waals surface area contributed by atoms with Crippen LogP contribution in [0.2, 0.25) is 0 Å². The van der Waals surface area contributed by atoms with E-state index in [1.54, 1.807) is 0 Å². The van der Waals surface area contributed by atoms with Crippen LogP contribution in [0.4, 0.5) is 0 Å². The van der Waals surface area contributed by atoms with Gasteiger partial charge in [0.15, 0.2) is 5.78 Å². The van der Waals surface area contributed by atoms with Gasteiger partial charge in [0.05, 0.1) is 34.8 Å². The number of nitrogens with zero attached hydrogens (tertiary/aromatic N) is 1. The lowest BCUT2D eigenvalue weighted by Gasteiger charge is -2.76. The lowest BCUT2D eigenvalue weighted by atomic mass is 9.27. The number of aliphatic hydroxyl groups excluding tert-OH is 2. The highest BCUT2D eigenvalue weighted by molar-refractivity contribution is 6.02. The van der Waals surface area contributed by atoms with Crippen LogP contribution in [-0.4, -0.2) is 86.5 Å². The molecule has 6 saturated carbocycles. The molecule has 15 atom stereocenters. The van der Waals surface area contributed by atoms with E-state index in [-0.39, 0.29) is 47.0 Å². The quantitative estimate of drug-likeness (QED) is 0.111. The molecule has 10 nitrogen and oxygen atoms in total. The lowest BCUT2D eigenvalue weighted by Crippen LogP contribution is -2.75. The van der Waals surface area contributed by atoms with Crippen LogP contribution in [0.25, 0.3) is 11.0 Å². The van der Waals surface area contributed by atoms with E-state index in [2.05, 4.69) is 111 Å². The van der Waals surface area contributed by atoms with E-state index >= 15 is 9.59 Å². The van der Waals surface area contributed by atoms with Crippen molar-refractivity contribution in [1.82, 2.24) is 19.9 Å². The van der Waals surface area contributed by atoms with Gasteiger partial charge >= 0.3 is 0 Å². The van der Waals surface area contributed by atoms with E-state index in [1.807, 2.05) is 0 Å². The van der Waals surface area contributed by atoms with Crippen molar-refractivity contribution in [3.05, 3.63) is 93.1 Å². The highest BCUT2D eigenvalue weighted by atomic mass is 16.6. The van der Waals surface area contributed by atoms with E-state index < -0.39 is 44.9 Å². The number of carbonyl (C=O) groups is 2. The number of aryl methyl sites for hydroxylation is 1. The summed E-state index contributed by atoms with van der Waals surface area (Å²) in [6.07, 6.45) is 25.5. The van der Waals surface area contributed by atoms with Crippen LogP contribution >= 0.6 is 0 Å². The Balaban J connectivity index is 0.910. The van der Waals surface area contributed by atoms with Gasteiger partial charge in [0.1, 0.15) is 11.9 Å². The maximum Gasteiger partial charge on any atom is 0.160 e. The number of epoxide rings is 1. The van der Waals surface area contributed by atoms with E-state index in [4.69, 9.17) is 9.47 Å². The number of fused-ring (bicyclic) bond motifs is 9. The fourth-order valence-corrected chi connectivity index (χ4v) is 22.7. The number of aliphatic hydroxyl groups is 2. The number of benzene rings is 1. The third kappa shape index (κ3) is 7.11. The number of hydrogen-bond acceptors (Lipinski definition) is 7. The first-order valence-electron chi connectivity index (χ1n) is 32.0. The molecule has 4 aromatic rings. The van der Waals surface area contributed by atoms with E-state index in [1.165, 1.54) is 87.8 Å². The van der Waals surface area contributed by atoms with Gasteiger partial charge in [-0.05, 0) is 213 Å². The fourth-order valence-electron chi connectivity index (χ4n) is 22.7. The third-order valence-corrected chi connectivity index (χ3v) is 26.4. The number of aromatic amines is 2. The SMILES string of the molecule is CNC1CCCC2(C1)C(=O)C1c3cc[nH]c3C3CCC1(C3)C1(C)C2CCC2(C)C1C(O)C1Cn3cc(Cc4cc(C5CCCCC5)cc(C5CCOCC5)c4)c4[nH]cc(c43)CCC(C)(CC(O)C3OC3(C)C)C3=C1C2(C)CC3=O. The molecule has 79 heavy (non-hydrogen) atoms. The molecule has 0 radical (unpaired) electrons. The molecular weight excluding hydrogens is 981 g/mol. The number of H-pyrrole nitrogens is 2. The molecule has 15 unspecified atom stereocenters. The second-order valence-electron chi connectivity index (χ2n) is 30.3. The highest BCUT2D eigenvalue weighted by Gasteiger charge is 2.81. The number of rotatable bonds is 8. The summed E-state index contributed by atoms with van der Waals surface area (Å²) in [5, 5.41) is 30.7.